The maximum Gasteiger partial charge on any atom is 0.311 e. The average molecular weight is 235 g/mol. The van der Waals surface area contributed by atoms with E-state index in [0.29, 0.717) is 11.5 Å². The molecule has 1 aromatic carbocycles. The van der Waals surface area contributed by atoms with Crippen molar-refractivity contribution in [1.82, 2.24) is 10.1 Å². The fourth-order valence-electron chi connectivity index (χ4n) is 1.47. The van der Waals surface area contributed by atoms with Crippen LogP contribution >= 0.6 is 0 Å². The minimum Gasteiger partial charge on any atom is -0.490 e. The smallest absolute Gasteiger partial charge is 0.311 e. The van der Waals surface area contributed by atoms with Gasteiger partial charge in [0, 0.05) is 13.0 Å². The third-order valence-electron chi connectivity index (χ3n) is 2.16. The van der Waals surface area contributed by atoms with Crippen LogP contribution in [0.15, 0.2) is 22.7 Å². The SMILES string of the molecule is COc1c(-c2noc(C)n2)cccc1[N+](=O)[O-]. The quantitative estimate of drug-likeness (QED) is 0.596. The lowest BCUT2D eigenvalue weighted by Crippen LogP contribution is -1.96. The van der Waals surface area contributed by atoms with Gasteiger partial charge in [-0.1, -0.05) is 11.2 Å². The molecular weight excluding hydrogens is 226 g/mol. The van der Waals surface area contributed by atoms with Crippen molar-refractivity contribution in [3.05, 3.63) is 34.2 Å². The molecule has 0 bridgehead atoms. The van der Waals surface area contributed by atoms with Gasteiger partial charge in [-0.3, -0.25) is 10.1 Å². The highest BCUT2D eigenvalue weighted by Crippen LogP contribution is 2.35. The first-order chi connectivity index (χ1) is 8.13. The molecule has 2 rings (SSSR count). The number of hydrogen-bond donors (Lipinski definition) is 0. The molecule has 0 fully saturated rings. The Bertz CT molecular complexity index is 564. The van der Waals surface area contributed by atoms with E-state index in [1.165, 1.54) is 13.2 Å². The van der Waals surface area contributed by atoms with Crippen LogP contribution in [0.1, 0.15) is 5.89 Å². The molecule has 0 atom stereocenters. The number of benzene rings is 1. The number of nitrogens with zero attached hydrogens (tertiary/aromatic N) is 3. The summed E-state index contributed by atoms with van der Waals surface area (Å²) in [6, 6.07) is 4.53. The largest absolute Gasteiger partial charge is 0.490 e. The molecule has 7 heteroatoms. The van der Waals surface area contributed by atoms with Crippen molar-refractivity contribution in [1.29, 1.82) is 0 Å². The number of aryl methyl sites for hydroxylation is 1. The van der Waals surface area contributed by atoms with Gasteiger partial charge < -0.3 is 9.26 Å². The van der Waals surface area contributed by atoms with Crippen LogP contribution in [0.4, 0.5) is 5.69 Å². The van der Waals surface area contributed by atoms with Gasteiger partial charge in [0.25, 0.3) is 0 Å². The molecule has 7 nitrogen and oxygen atoms in total. The second-order valence-corrected chi connectivity index (χ2v) is 3.25. The van der Waals surface area contributed by atoms with E-state index in [4.69, 9.17) is 9.26 Å². The van der Waals surface area contributed by atoms with Crippen LogP contribution in [0.5, 0.6) is 5.75 Å². The van der Waals surface area contributed by atoms with Crippen LogP contribution in [-0.4, -0.2) is 22.2 Å². The van der Waals surface area contributed by atoms with Gasteiger partial charge in [0.2, 0.25) is 17.5 Å². The Morgan fingerprint density at radius 3 is 2.76 bits per heavy atom. The summed E-state index contributed by atoms with van der Waals surface area (Å²) in [5.41, 5.74) is 0.297. The highest BCUT2D eigenvalue weighted by molar-refractivity contribution is 5.70. The topological polar surface area (TPSA) is 91.3 Å². The zero-order chi connectivity index (χ0) is 12.4. The van der Waals surface area contributed by atoms with E-state index >= 15 is 0 Å². The summed E-state index contributed by atoms with van der Waals surface area (Å²) in [6.07, 6.45) is 0. The molecule has 1 heterocycles. The molecule has 0 amide bonds. The van der Waals surface area contributed by atoms with Crippen LogP contribution in [0.3, 0.4) is 0 Å². The number of rotatable bonds is 3. The van der Waals surface area contributed by atoms with Gasteiger partial charge in [0.15, 0.2) is 0 Å². The summed E-state index contributed by atoms with van der Waals surface area (Å²) in [6.45, 7) is 1.64. The summed E-state index contributed by atoms with van der Waals surface area (Å²) in [4.78, 5) is 14.3. The molecule has 0 unspecified atom stereocenters. The summed E-state index contributed by atoms with van der Waals surface area (Å²) < 4.78 is 9.87. The number of nitro groups is 1. The molecule has 0 aliphatic rings. The third kappa shape index (κ3) is 1.94. The van der Waals surface area contributed by atoms with Gasteiger partial charge in [-0.2, -0.15) is 4.98 Å². The van der Waals surface area contributed by atoms with E-state index in [9.17, 15) is 10.1 Å². The molecule has 0 saturated heterocycles. The van der Waals surface area contributed by atoms with Gasteiger partial charge in [0.05, 0.1) is 17.6 Å². The lowest BCUT2D eigenvalue weighted by atomic mass is 10.1. The highest BCUT2D eigenvalue weighted by atomic mass is 16.6. The zero-order valence-electron chi connectivity index (χ0n) is 9.21. The van der Waals surface area contributed by atoms with Crippen molar-refractivity contribution in [2.24, 2.45) is 0 Å². The maximum absolute atomic E-state index is 10.8. The molecule has 17 heavy (non-hydrogen) atoms. The Morgan fingerprint density at radius 2 is 2.24 bits per heavy atom. The third-order valence-corrected chi connectivity index (χ3v) is 2.16. The van der Waals surface area contributed by atoms with Gasteiger partial charge >= 0.3 is 5.69 Å². The molecule has 0 N–H and O–H groups in total. The standard InChI is InChI=1S/C10H9N3O4/c1-6-11-10(12-17-6)7-4-3-5-8(13(14)15)9(7)16-2/h3-5H,1-2H3. The van der Waals surface area contributed by atoms with E-state index in [2.05, 4.69) is 10.1 Å². The number of para-hydroxylation sites is 1. The summed E-state index contributed by atoms with van der Waals surface area (Å²) >= 11 is 0. The van der Waals surface area contributed by atoms with Crippen molar-refractivity contribution < 1.29 is 14.2 Å². The van der Waals surface area contributed by atoms with E-state index in [0.717, 1.165) is 0 Å². The van der Waals surface area contributed by atoms with E-state index < -0.39 is 4.92 Å². The predicted octanol–water partition coefficient (Wildman–Crippen LogP) is 1.96. The van der Waals surface area contributed by atoms with Crippen molar-refractivity contribution >= 4 is 5.69 Å². The first-order valence-electron chi connectivity index (χ1n) is 4.75. The molecule has 2 aromatic rings. The lowest BCUT2D eigenvalue weighted by molar-refractivity contribution is -0.385. The predicted molar refractivity (Wildman–Crippen MR) is 57.7 cm³/mol. The molecule has 0 radical (unpaired) electrons. The van der Waals surface area contributed by atoms with Crippen molar-refractivity contribution in [2.45, 2.75) is 6.92 Å². The Morgan fingerprint density at radius 1 is 1.47 bits per heavy atom. The van der Waals surface area contributed by atoms with Gasteiger partial charge in [-0.15, -0.1) is 0 Å². The maximum atomic E-state index is 10.8. The fraction of sp³-hybridized carbons (Fsp3) is 0.200. The van der Waals surface area contributed by atoms with E-state index in [-0.39, 0.29) is 17.3 Å². The molecule has 1 aromatic heterocycles. The van der Waals surface area contributed by atoms with Crippen LogP contribution in [-0.2, 0) is 0 Å². The first-order valence-corrected chi connectivity index (χ1v) is 4.75. The van der Waals surface area contributed by atoms with Gasteiger partial charge in [0.1, 0.15) is 0 Å². The molecule has 0 aliphatic carbocycles. The van der Waals surface area contributed by atoms with Crippen LogP contribution in [0, 0.1) is 17.0 Å². The Balaban J connectivity index is 2.61. The van der Waals surface area contributed by atoms with Crippen LogP contribution in [0.2, 0.25) is 0 Å². The Hall–Kier alpha value is -2.44. The zero-order valence-corrected chi connectivity index (χ0v) is 9.21. The van der Waals surface area contributed by atoms with Crippen LogP contribution in [0.25, 0.3) is 11.4 Å². The second-order valence-electron chi connectivity index (χ2n) is 3.25. The lowest BCUT2D eigenvalue weighted by Gasteiger charge is -2.04. The summed E-state index contributed by atoms with van der Waals surface area (Å²) in [5, 5.41) is 14.5. The van der Waals surface area contributed by atoms with Crippen molar-refractivity contribution in [3.63, 3.8) is 0 Å². The van der Waals surface area contributed by atoms with E-state index in [1.807, 2.05) is 0 Å². The Labute approximate surface area is 96.2 Å². The van der Waals surface area contributed by atoms with Crippen molar-refractivity contribution in [3.8, 4) is 17.1 Å². The number of methoxy groups -OCH3 is 1. The molecular formula is C10H9N3O4. The number of aromatic nitrogens is 2. The van der Waals surface area contributed by atoms with Crippen LogP contribution < -0.4 is 4.74 Å². The number of ether oxygens (including phenoxy) is 1. The fourth-order valence-corrected chi connectivity index (χ4v) is 1.47. The molecule has 0 spiro atoms. The summed E-state index contributed by atoms with van der Waals surface area (Å²) in [5.74, 6) is 0.773. The Kier molecular flexibility index (Phi) is 2.73. The molecule has 0 saturated carbocycles. The number of nitro benzene ring substituents is 1. The molecule has 0 aliphatic heterocycles. The highest BCUT2D eigenvalue weighted by Gasteiger charge is 2.21. The normalized spacial score (nSPS) is 10.2. The first kappa shape index (κ1) is 11.1. The average Bonchev–Trinajstić information content (AvgIpc) is 2.74. The van der Waals surface area contributed by atoms with E-state index in [1.54, 1.807) is 19.1 Å². The minimum absolute atomic E-state index is 0.123. The minimum atomic E-state index is -0.519. The number of hydrogen-bond acceptors (Lipinski definition) is 6. The van der Waals surface area contributed by atoms with Crippen molar-refractivity contribution in [2.75, 3.05) is 7.11 Å². The monoisotopic (exact) mass is 235 g/mol. The molecule has 88 valence electrons. The van der Waals surface area contributed by atoms with Gasteiger partial charge in [-0.25, -0.2) is 0 Å². The second kappa shape index (κ2) is 4.20. The summed E-state index contributed by atoms with van der Waals surface area (Å²) in [7, 11) is 1.36. The van der Waals surface area contributed by atoms with Gasteiger partial charge in [-0.05, 0) is 6.07 Å².